The third-order valence-corrected chi connectivity index (χ3v) is 2.89. The molecule has 3 nitrogen and oxygen atoms in total. The number of ether oxygens (including phenoxy) is 1. The largest absolute Gasteiger partial charge is 0.497 e. The molecule has 0 saturated carbocycles. The number of carbonyl (C=O) groups is 1. The number of rotatable bonds is 5. The van der Waals surface area contributed by atoms with E-state index in [-0.39, 0.29) is 5.78 Å². The second kappa shape index (κ2) is 6.57. The van der Waals surface area contributed by atoms with Crippen molar-refractivity contribution in [1.29, 1.82) is 0 Å². The van der Waals surface area contributed by atoms with E-state index in [1.54, 1.807) is 31.5 Å². The Labute approximate surface area is 118 Å². The number of benzene rings is 2. The number of ketones is 1. The van der Waals surface area contributed by atoms with Crippen LogP contribution < -0.4 is 10.1 Å². The molecule has 1 N–H and O–H groups in total. The van der Waals surface area contributed by atoms with Gasteiger partial charge in [0.1, 0.15) is 5.75 Å². The zero-order valence-electron chi connectivity index (χ0n) is 11.6. The number of hydrogen-bond acceptors (Lipinski definition) is 3. The van der Waals surface area contributed by atoms with E-state index < -0.39 is 0 Å². The number of hydrogen-bond donors (Lipinski definition) is 1. The average Bonchev–Trinajstić information content (AvgIpc) is 2.49. The van der Waals surface area contributed by atoms with Crippen LogP contribution in [0.5, 0.6) is 5.75 Å². The van der Waals surface area contributed by atoms with Gasteiger partial charge in [-0.3, -0.25) is 4.79 Å². The molecule has 2 rings (SSSR count). The predicted molar refractivity (Wildman–Crippen MR) is 81.3 cm³/mol. The summed E-state index contributed by atoms with van der Waals surface area (Å²) in [7, 11) is 1.58. The molecule has 20 heavy (non-hydrogen) atoms. The summed E-state index contributed by atoms with van der Waals surface area (Å²) >= 11 is 0. The molecule has 0 radical (unpaired) electrons. The van der Waals surface area contributed by atoms with E-state index in [1.165, 1.54) is 11.6 Å². The predicted octanol–water partition coefficient (Wildman–Crippen LogP) is 3.81. The van der Waals surface area contributed by atoms with Gasteiger partial charge < -0.3 is 10.1 Å². The van der Waals surface area contributed by atoms with Gasteiger partial charge in [-0.05, 0) is 31.2 Å². The van der Waals surface area contributed by atoms with Crippen molar-refractivity contribution >= 4 is 11.5 Å². The highest BCUT2D eigenvalue weighted by Gasteiger charge is 2.02. The molecule has 2 aromatic rings. The van der Waals surface area contributed by atoms with Crippen molar-refractivity contribution in [3.05, 3.63) is 71.9 Å². The molecule has 0 aliphatic carbocycles. The smallest absolute Gasteiger partial charge is 0.187 e. The van der Waals surface area contributed by atoms with Gasteiger partial charge in [-0.25, -0.2) is 0 Å². The topological polar surface area (TPSA) is 38.3 Å². The molecule has 0 spiro atoms. The number of anilines is 1. The second-order valence-electron chi connectivity index (χ2n) is 4.44. The molecular weight excluding hydrogens is 250 g/mol. The first kappa shape index (κ1) is 13.9. The molecule has 0 aliphatic heterocycles. The molecule has 0 amide bonds. The van der Waals surface area contributed by atoms with Crippen molar-refractivity contribution in [3.8, 4) is 5.75 Å². The van der Waals surface area contributed by atoms with Crippen LogP contribution in [-0.2, 0) is 0 Å². The van der Waals surface area contributed by atoms with Crippen LogP contribution in [-0.4, -0.2) is 12.9 Å². The van der Waals surface area contributed by atoms with Gasteiger partial charge in [0.15, 0.2) is 5.78 Å². The summed E-state index contributed by atoms with van der Waals surface area (Å²) in [6.45, 7) is 2.03. The maximum atomic E-state index is 12.0. The van der Waals surface area contributed by atoms with Gasteiger partial charge in [-0.2, -0.15) is 0 Å². The molecule has 0 saturated heterocycles. The minimum Gasteiger partial charge on any atom is -0.497 e. The maximum absolute atomic E-state index is 12.0. The number of allylic oxidation sites excluding steroid dienone is 1. The lowest BCUT2D eigenvalue weighted by Crippen LogP contribution is -1.97. The lowest BCUT2D eigenvalue weighted by molar-refractivity contribution is 0.104. The summed E-state index contributed by atoms with van der Waals surface area (Å²) in [5.41, 5.74) is 2.75. The molecule has 3 heteroatoms. The summed E-state index contributed by atoms with van der Waals surface area (Å²) in [5.74, 6) is 0.610. The van der Waals surface area contributed by atoms with E-state index >= 15 is 0 Å². The Morgan fingerprint density at radius 1 is 1.15 bits per heavy atom. The molecule has 0 aliphatic rings. The fourth-order valence-electron chi connectivity index (χ4n) is 1.74. The van der Waals surface area contributed by atoms with E-state index in [0.717, 1.165) is 5.69 Å². The van der Waals surface area contributed by atoms with Gasteiger partial charge in [-0.1, -0.05) is 29.8 Å². The van der Waals surface area contributed by atoms with Gasteiger partial charge in [0.05, 0.1) is 7.11 Å². The van der Waals surface area contributed by atoms with E-state index in [0.29, 0.717) is 11.3 Å². The molecule has 2 aromatic carbocycles. The van der Waals surface area contributed by atoms with Crippen molar-refractivity contribution in [2.75, 3.05) is 12.4 Å². The van der Waals surface area contributed by atoms with Crippen LogP contribution in [0, 0.1) is 6.92 Å². The summed E-state index contributed by atoms with van der Waals surface area (Å²) in [4.78, 5) is 12.0. The molecule has 0 atom stereocenters. The molecule has 0 fully saturated rings. The normalized spacial score (nSPS) is 10.5. The number of aryl methyl sites for hydroxylation is 1. The summed E-state index contributed by atoms with van der Waals surface area (Å²) < 4.78 is 5.10. The minimum absolute atomic E-state index is 0.0662. The average molecular weight is 267 g/mol. The zero-order chi connectivity index (χ0) is 14.4. The van der Waals surface area contributed by atoms with Crippen LogP contribution >= 0.6 is 0 Å². The van der Waals surface area contributed by atoms with Gasteiger partial charge in [0, 0.05) is 23.5 Å². The number of methoxy groups -OCH3 is 1. The van der Waals surface area contributed by atoms with Crippen LogP contribution in [0.25, 0.3) is 0 Å². The Hall–Kier alpha value is -2.55. The fourth-order valence-corrected chi connectivity index (χ4v) is 1.74. The van der Waals surface area contributed by atoms with Crippen molar-refractivity contribution < 1.29 is 9.53 Å². The quantitative estimate of drug-likeness (QED) is 0.661. The van der Waals surface area contributed by atoms with Gasteiger partial charge >= 0.3 is 0 Å². The summed E-state index contributed by atoms with van der Waals surface area (Å²) in [6.07, 6.45) is 3.15. The van der Waals surface area contributed by atoms with E-state index in [2.05, 4.69) is 5.32 Å². The van der Waals surface area contributed by atoms with Crippen LogP contribution in [0.15, 0.2) is 60.8 Å². The third kappa shape index (κ3) is 3.72. The van der Waals surface area contributed by atoms with E-state index in [1.807, 2.05) is 37.3 Å². The number of nitrogens with one attached hydrogen (secondary N) is 1. The van der Waals surface area contributed by atoms with Crippen LogP contribution in [0.1, 0.15) is 15.9 Å². The molecule has 0 heterocycles. The lowest BCUT2D eigenvalue weighted by Gasteiger charge is -2.02. The standard InChI is InChI=1S/C17H17NO2/c1-13-6-8-15(9-7-13)18-11-10-17(19)14-4-3-5-16(12-14)20-2/h3-12,18H,1-2H3/b11-10-. The Kier molecular flexibility index (Phi) is 4.56. The van der Waals surface area contributed by atoms with Crippen molar-refractivity contribution in [3.63, 3.8) is 0 Å². The highest BCUT2D eigenvalue weighted by atomic mass is 16.5. The van der Waals surface area contributed by atoms with Crippen LogP contribution in [0.4, 0.5) is 5.69 Å². The Balaban J connectivity index is 2.00. The highest BCUT2D eigenvalue weighted by Crippen LogP contribution is 2.13. The monoisotopic (exact) mass is 267 g/mol. The highest BCUT2D eigenvalue weighted by molar-refractivity contribution is 6.04. The molecule has 0 bridgehead atoms. The van der Waals surface area contributed by atoms with Crippen molar-refractivity contribution in [2.24, 2.45) is 0 Å². The fraction of sp³-hybridized carbons (Fsp3) is 0.118. The first-order valence-electron chi connectivity index (χ1n) is 6.37. The Morgan fingerprint density at radius 3 is 2.60 bits per heavy atom. The summed E-state index contributed by atoms with van der Waals surface area (Å²) in [5, 5.41) is 3.07. The minimum atomic E-state index is -0.0662. The lowest BCUT2D eigenvalue weighted by atomic mass is 10.1. The van der Waals surface area contributed by atoms with Crippen molar-refractivity contribution in [1.82, 2.24) is 0 Å². The van der Waals surface area contributed by atoms with Gasteiger partial charge in [0.2, 0.25) is 0 Å². The zero-order valence-corrected chi connectivity index (χ0v) is 11.6. The molecule has 0 aromatic heterocycles. The first-order valence-corrected chi connectivity index (χ1v) is 6.37. The maximum Gasteiger partial charge on any atom is 0.187 e. The van der Waals surface area contributed by atoms with E-state index in [4.69, 9.17) is 4.74 Å². The Morgan fingerprint density at radius 2 is 1.90 bits per heavy atom. The second-order valence-corrected chi connectivity index (χ2v) is 4.44. The van der Waals surface area contributed by atoms with Gasteiger partial charge in [-0.15, -0.1) is 0 Å². The molecule has 0 unspecified atom stereocenters. The molecular formula is C17H17NO2. The van der Waals surface area contributed by atoms with E-state index in [9.17, 15) is 4.79 Å². The number of carbonyl (C=O) groups excluding carboxylic acids is 1. The SMILES string of the molecule is COc1cccc(C(=O)/C=C\Nc2ccc(C)cc2)c1. The van der Waals surface area contributed by atoms with Crippen LogP contribution in [0.3, 0.4) is 0 Å². The van der Waals surface area contributed by atoms with Gasteiger partial charge in [0.25, 0.3) is 0 Å². The van der Waals surface area contributed by atoms with Crippen LogP contribution in [0.2, 0.25) is 0 Å². The first-order chi connectivity index (χ1) is 9.69. The van der Waals surface area contributed by atoms with Crippen molar-refractivity contribution in [2.45, 2.75) is 6.92 Å². The summed E-state index contributed by atoms with van der Waals surface area (Å²) in [6, 6.07) is 15.1. The third-order valence-electron chi connectivity index (χ3n) is 2.89. The molecule has 102 valence electrons. The Bertz CT molecular complexity index is 615.